The van der Waals surface area contributed by atoms with Crippen molar-refractivity contribution in [2.24, 2.45) is 11.0 Å². The summed E-state index contributed by atoms with van der Waals surface area (Å²) in [5.41, 5.74) is 4.59. The van der Waals surface area contributed by atoms with E-state index >= 15 is 0 Å². The second-order valence-electron chi connectivity index (χ2n) is 8.08. The lowest BCUT2D eigenvalue weighted by atomic mass is 9.77. The van der Waals surface area contributed by atoms with Gasteiger partial charge in [0.15, 0.2) is 0 Å². The van der Waals surface area contributed by atoms with Crippen molar-refractivity contribution in [1.82, 2.24) is 5.01 Å². The molecule has 166 valence electrons. The standard InChI is InChI=1S/C26H26F2N2O2/c1-3-32-24(31)15-17(2)30-26(19-9-13-22(28)14-10-19)23-6-4-5-20(25(23)29-30)16-18-7-11-21(27)12-8-18/h7-16,23,26H,3-6H2,1-2H3/b17-15+,20-16-/t23-,26-/m0/s1. The highest BCUT2D eigenvalue weighted by molar-refractivity contribution is 6.07. The lowest BCUT2D eigenvalue weighted by Gasteiger charge is -2.31. The highest BCUT2D eigenvalue weighted by atomic mass is 19.1. The summed E-state index contributed by atoms with van der Waals surface area (Å²) in [6, 6.07) is 12.7. The first-order valence-electron chi connectivity index (χ1n) is 10.9. The fraction of sp³-hybridized carbons (Fsp3) is 0.308. The molecule has 0 amide bonds. The number of hydrazone groups is 1. The number of rotatable bonds is 5. The van der Waals surface area contributed by atoms with E-state index in [1.807, 2.05) is 11.9 Å². The molecule has 2 aliphatic rings. The Morgan fingerprint density at radius 2 is 1.78 bits per heavy atom. The SMILES string of the molecule is CCOC(=O)/C=C(\C)N1N=C2/C(=C\c3ccc(F)cc3)CCC[C@@H]2[C@@H]1c1ccc(F)cc1. The largest absolute Gasteiger partial charge is 0.463 e. The molecule has 4 nitrogen and oxygen atoms in total. The molecule has 0 saturated heterocycles. The zero-order chi connectivity index (χ0) is 22.7. The molecular weight excluding hydrogens is 410 g/mol. The van der Waals surface area contributed by atoms with E-state index in [0.29, 0.717) is 12.3 Å². The van der Waals surface area contributed by atoms with Crippen LogP contribution in [0.15, 0.2) is 71.0 Å². The van der Waals surface area contributed by atoms with E-state index in [0.717, 1.165) is 41.7 Å². The van der Waals surface area contributed by atoms with E-state index in [1.165, 1.54) is 30.3 Å². The predicted octanol–water partition coefficient (Wildman–Crippen LogP) is 6.03. The Morgan fingerprint density at radius 3 is 2.44 bits per heavy atom. The molecule has 0 unspecified atom stereocenters. The third-order valence-electron chi connectivity index (χ3n) is 5.90. The smallest absolute Gasteiger partial charge is 0.332 e. The Morgan fingerprint density at radius 1 is 1.12 bits per heavy atom. The van der Waals surface area contributed by atoms with Gasteiger partial charge < -0.3 is 4.74 Å². The van der Waals surface area contributed by atoms with Crippen molar-refractivity contribution in [2.45, 2.75) is 39.2 Å². The topological polar surface area (TPSA) is 41.9 Å². The summed E-state index contributed by atoms with van der Waals surface area (Å²) in [4.78, 5) is 12.1. The molecule has 0 spiro atoms. The first-order valence-corrected chi connectivity index (χ1v) is 10.9. The van der Waals surface area contributed by atoms with E-state index in [1.54, 1.807) is 31.2 Å². The van der Waals surface area contributed by atoms with Gasteiger partial charge in [-0.3, -0.25) is 5.01 Å². The number of ether oxygens (including phenoxy) is 1. The lowest BCUT2D eigenvalue weighted by Crippen LogP contribution is -2.27. The van der Waals surface area contributed by atoms with Gasteiger partial charge in [-0.2, -0.15) is 5.10 Å². The van der Waals surface area contributed by atoms with Gasteiger partial charge >= 0.3 is 5.97 Å². The normalized spacial score (nSPS) is 22.0. The maximum absolute atomic E-state index is 13.6. The van der Waals surface area contributed by atoms with E-state index in [4.69, 9.17) is 9.84 Å². The van der Waals surface area contributed by atoms with Gasteiger partial charge in [-0.05, 0) is 80.2 Å². The lowest BCUT2D eigenvalue weighted by molar-refractivity contribution is -0.137. The van der Waals surface area contributed by atoms with Gasteiger partial charge in [-0.25, -0.2) is 13.6 Å². The molecule has 1 aliphatic heterocycles. The minimum absolute atomic E-state index is 0.103. The van der Waals surface area contributed by atoms with Crippen molar-refractivity contribution in [2.75, 3.05) is 6.61 Å². The molecule has 0 bridgehead atoms. The second kappa shape index (κ2) is 9.47. The van der Waals surface area contributed by atoms with Crippen LogP contribution in [0.2, 0.25) is 0 Å². The van der Waals surface area contributed by atoms with Gasteiger partial charge in [0.05, 0.1) is 18.4 Å². The number of fused-ring (bicyclic) bond motifs is 1. The van der Waals surface area contributed by atoms with Crippen molar-refractivity contribution in [3.05, 3.63) is 88.6 Å². The molecule has 0 radical (unpaired) electrons. The van der Waals surface area contributed by atoms with E-state index in [9.17, 15) is 13.6 Å². The number of carbonyl (C=O) groups excluding carboxylic acids is 1. The molecule has 2 aromatic carbocycles. The minimum atomic E-state index is -0.417. The molecule has 6 heteroatoms. The van der Waals surface area contributed by atoms with Crippen molar-refractivity contribution in [3.63, 3.8) is 0 Å². The van der Waals surface area contributed by atoms with Gasteiger partial charge in [0.2, 0.25) is 0 Å². The van der Waals surface area contributed by atoms with Crippen LogP contribution in [0.5, 0.6) is 0 Å². The fourth-order valence-electron chi connectivity index (χ4n) is 4.47. The van der Waals surface area contributed by atoms with Gasteiger partial charge in [0.25, 0.3) is 0 Å². The summed E-state index contributed by atoms with van der Waals surface area (Å²) < 4.78 is 32.0. The van der Waals surface area contributed by atoms with Crippen molar-refractivity contribution in [3.8, 4) is 0 Å². The Labute approximate surface area is 186 Å². The maximum Gasteiger partial charge on any atom is 0.332 e. The van der Waals surface area contributed by atoms with Gasteiger partial charge in [0, 0.05) is 17.7 Å². The highest BCUT2D eigenvalue weighted by Crippen LogP contribution is 2.45. The molecule has 2 aromatic rings. The third-order valence-corrected chi connectivity index (χ3v) is 5.90. The monoisotopic (exact) mass is 436 g/mol. The predicted molar refractivity (Wildman–Crippen MR) is 121 cm³/mol. The number of hydrogen-bond donors (Lipinski definition) is 0. The van der Waals surface area contributed by atoms with E-state index in [2.05, 4.69) is 6.08 Å². The number of halogens is 2. The Kier molecular flexibility index (Phi) is 6.49. The van der Waals surface area contributed by atoms with Crippen molar-refractivity contribution in [1.29, 1.82) is 0 Å². The van der Waals surface area contributed by atoms with Crippen LogP contribution in [0, 0.1) is 17.6 Å². The molecule has 2 atom stereocenters. The van der Waals surface area contributed by atoms with Crippen LogP contribution in [0.1, 0.15) is 50.3 Å². The fourth-order valence-corrected chi connectivity index (χ4v) is 4.47. The van der Waals surface area contributed by atoms with Crippen LogP contribution in [0.25, 0.3) is 6.08 Å². The molecule has 32 heavy (non-hydrogen) atoms. The van der Waals surface area contributed by atoms with Crippen LogP contribution in [-0.4, -0.2) is 23.3 Å². The Balaban J connectivity index is 1.74. The first kappa shape index (κ1) is 21.9. The molecule has 1 fully saturated rings. The van der Waals surface area contributed by atoms with E-state index in [-0.39, 0.29) is 23.6 Å². The Hall–Kier alpha value is -3.28. The molecule has 1 saturated carbocycles. The summed E-state index contributed by atoms with van der Waals surface area (Å²) in [5.74, 6) is -0.876. The Bertz CT molecular complexity index is 1070. The summed E-state index contributed by atoms with van der Waals surface area (Å²) in [6.45, 7) is 3.89. The maximum atomic E-state index is 13.6. The molecular formula is C26H26F2N2O2. The van der Waals surface area contributed by atoms with Crippen LogP contribution >= 0.6 is 0 Å². The number of allylic oxidation sites excluding steroid dienone is 2. The second-order valence-corrected chi connectivity index (χ2v) is 8.08. The van der Waals surface area contributed by atoms with Crippen molar-refractivity contribution < 1.29 is 18.3 Å². The number of benzene rings is 2. The van der Waals surface area contributed by atoms with E-state index < -0.39 is 5.97 Å². The number of esters is 1. The van der Waals surface area contributed by atoms with Gasteiger partial charge in [-0.1, -0.05) is 24.3 Å². The van der Waals surface area contributed by atoms with Crippen LogP contribution < -0.4 is 0 Å². The zero-order valence-electron chi connectivity index (χ0n) is 18.2. The molecule has 0 N–H and O–H groups in total. The molecule has 1 aliphatic carbocycles. The third kappa shape index (κ3) is 4.64. The van der Waals surface area contributed by atoms with Crippen molar-refractivity contribution >= 4 is 17.8 Å². The summed E-state index contributed by atoms with van der Waals surface area (Å²) in [7, 11) is 0. The molecule has 4 rings (SSSR count). The summed E-state index contributed by atoms with van der Waals surface area (Å²) >= 11 is 0. The van der Waals surface area contributed by atoms with Crippen LogP contribution in [-0.2, 0) is 9.53 Å². The average molecular weight is 437 g/mol. The summed E-state index contributed by atoms with van der Waals surface area (Å²) in [5, 5.41) is 6.79. The molecule has 1 heterocycles. The number of carbonyl (C=O) groups is 1. The zero-order valence-corrected chi connectivity index (χ0v) is 18.2. The number of hydrogen-bond acceptors (Lipinski definition) is 4. The number of nitrogens with zero attached hydrogens (tertiary/aromatic N) is 2. The first-order chi connectivity index (χ1) is 15.5. The average Bonchev–Trinajstić information content (AvgIpc) is 3.17. The quantitative estimate of drug-likeness (QED) is 0.425. The highest BCUT2D eigenvalue weighted by Gasteiger charge is 2.41. The van der Waals surface area contributed by atoms with Gasteiger partial charge in [-0.15, -0.1) is 0 Å². The molecule has 0 aromatic heterocycles. The van der Waals surface area contributed by atoms with Crippen LogP contribution in [0.4, 0.5) is 8.78 Å². The summed E-state index contributed by atoms with van der Waals surface area (Å²) in [6.07, 6.45) is 6.30. The minimum Gasteiger partial charge on any atom is -0.463 e. The van der Waals surface area contributed by atoms with Crippen LogP contribution in [0.3, 0.4) is 0 Å². The van der Waals surface area contributed by atoms with Gasteiger partial charge in [0.1, 0.15) is 11.6 Å².